The molecule has 0 radical (unpaired) electrons. The first-order valence-electron chi connectivity index (χ1n) is 6.82. The Hall–Kier alpha value is -0.710. The maximum Gasteiger partial charge on any atom is 0.242 e. The van der Waals surface area contributed by atoms with Crippen molar-refractivity contribution in [1.29, 1.82) is 0 Å². The zero-order chi connectivity index (χ0) is 13.1. The second-order valence-electron chi connectivity index (χ2n) is 5.68. The predicted octanol–water partition coefficient (Wildman–Crippen LogP) is 1.76. The molecular weight excluding hydrogens is 246 g/mol. The van der Waals surface area contributed by atoms with Gasteiger partial charge in [-0.2, -0.15) is 0 Å². The fraction of sp³-hybridized carbons (Fsp3) is 0.846. The van der Waals surface area contributed by atoms with E-state index in [0.717, 1.165) is 30.2 Å². The molecule has 0 saturated heterocycles. The lowest BCUT2D eigenvalue weighted by atomic mass is 10.1. The van der Waals surface area contributed by atoms with Gasteiger partial charge in [0.2, 0.25) is 5.91 Å². The summed E-state index contributed by atoms with van der Waals surface area (Å²) < 4.78 is 0. The molecule has 4 nitrogen and oxygen atoms in total. The standard InChI is InChI=1S/C13H23N3OS/c1-8(2)6-11-7-18-13(16-11)14-9(3)12(17)15-10-4-5-10/h8-11H,4-7H2,1-3H3,(H,14,16)(H,15,17). The van der Waals surface area contributed by atoms with Gasteiger partial charge < -0.3 is 10.6 Å². The minimum Gasteiger partial charge on any atom is -0.353 e. The Morgan fingerprint density at radius 3 is 2.78 bits per heavy atom. The topological polar surface area (TPSA) is 53.5 Å². The fourth-order valence-corrected chi connectivity index (χ4v) is 3.01. The molecule has 2 atom stereocenters. The van der Waals surface area contributed by atoms with E-state index >= 15 is 0 Å². The van der Waals surface area contributed by atoms with Crippen molar-refractivity contribution >= 4 is 22.8 Å². The van der Waals surface area contributed by atoms with Gasteiger partial charge >= 0.3 is 0 Å². The largest absolute Gasteiger partial charge is 0.353 e. The van der Waals surface area contributed by atoms with E-state index in [2.05, 4.69) is 29.5 Å². The summed E-state index contributed by atoms with van der Waals surface area (Å²) in [4.78, 5) is 16.4. The molecule has 1 aliphatic carbocycles. The van der Waals surface area contributed by atoms with Crippen molar-refractivity contribution in [2.24, 2.45) is 10.9 Å². The van der Waals surface area contributed by atoms with Gasteiger partial charge in [0, 0.05) is 11.8 Å². The molecule has 102 valence electrons. The van der Waals surface area contributed by atoms with Gasteiger partial charge in [0.1, 0.15) is 6.04 Å². The highest BCUT2D eigenvalue weighted by atomic mass is 32.2. The number of aliphatic imine (C=N–C) groups is 1. The summed E-state index contributed by atoms with van der Waals surface area (Å²) in [5.41, 5.74) is 0. The highest BCUT2D eigenvalue weighted by Gasteiger charge is 2.27. The molecule has 2 unspecified atom stereocenters. The number of amidine groups is 1. The minimum atomic E-state index is -0.186. The molecule has 1 aliphatic heterocycles. The van der Waals surface area contributed by atoms with E-state index in [1.54, 1.807) is 11.8 Å². The molecule has 18 heavy (non-hydrogen) atoms. The number of hydrogen-bond donors (Lipinski definition) is 2. The Morgan fingerprint density at radius 2 is 2.17 bits per heavy atom. The summed E-state index contributed by atoms with van der Waals surface area (Å²) >= 11 is 1.73. The van der Waals surface area contributed by atoms with Crippen LogP contribution in [0.1, 0.15) is 40.0 Å². The van der Waals surface area contributed by atoms with Crippen LogP contribution in [0.3, 0.4) is 0 Å². The fourth-order valence-electron chi connectivity index (χ4n) is 1.96. The maximum atomic E-state index is 11.8. The van der Waals surface area contributed by atoms with Gasteiger partial charge in [0.25, 0.3) is 0 Å². The first-order valence-corrected chi connectivity index (χ1v) is 7.80. The molecule has 1 fully saturated rings. The van der Waals surface area contributed by atoms with Gasteiger partial charge in [-0.25, -0.2) is 0 Å². The second-order valence-corrected chi connectivity index (χ2v) is 6.69. The van der Waals surface area contributed by atoms with Crippen LogP contribution in [0.25, 0.3) is 0 Å². The van der Waals surface area contributed by atoms with Crippen LogP contribution in [-0.4, -0.2) is 35.0 Å². The number of rotatable bonds is 5. The molecule has 1 saturated carbocycles. The summed E-state index contributed by atoms with van der Waals surface area (Å²) in [7, 11) is 0. The van der Waals surface area contributed by atoms with Gasteiger partial charge in [-0.05, 0) is 32.1 Å². The van der Waals surface area contributed by atoms with Gasteiger partial charge in [0.15, 0.2) is 5.17 Å². The molecule has 5 heteroatoms. The molecule has 0 aromatic rings. The van der Waals surface area contributed by atoms with Crippen LogP contribution in [0.2, 0.25) is 0 Å². The molecule has 2 N–H and O–H groups in total. The van der Waals surface area contributed by atoms with Crippen LogP contribution >= 0.6 is 11.8 Å². The highest BCUT2D eigenvalue weighted by Crippen LogP contribution is 2.22. The summed E-state index contributed by atoms with van der Waals surface area (Å²) in [5, 5.41) is 7.15. The lowest BCUT2D eigenvalue weighted by Gasteiger charge is -2.14. The molecule has 2 aliphatic rings. The Kier molecular flexibility index (Phi) is 4.54. The average molecular weight is 269 g/mol. The number of amides is 1. The number of carbonyl (C=O) groups excluding carboxylic acids is 1. The van der Waals surface area contributed by atoms with Gasteiger partial charge in [0.05, 0.1) is 6.04 Å². The first-order chi connectivity index (χ1) is 8.54. The molecule has 0 aromatic heterocycles. The van der Waals surface area contributed by atoms with Crippen LogP contribution in [0.4, 0.5) is 0 Å². The summed E-state index contributed by atoms with van der Waals surface area (Å²) in [6, 6.07) is 0.652. The summed E-state index contributed by atoms with van der Waals surface area (Å²) in [5.74, 6) is 1.81. The van der Waals surface area contributed by atoms with Crippen molar-refractivity contribution in [3.8, 4) is 0 Å². The third kappa shape index (κ3) is 4.19. The van der Waals surface area contributed by atoms with Crippen molar-refractivity contribution < 1.29 is 4.79 Å². The Balaban J connectivity index is 1.76. The van der Waals surface area contributed by atoms with Crippen molar-refractivity contribution in [2.45, 2.75) is 58.2 Å². The zero-order valence-electron chi connectivity index (χ0n) is 11.4. The highest BCUT2D eigenvalue weighted by molar-refractivity contribution is 8.14. The molecule has 0 aromatic carbocycles. The molecule has 1 amide bonds. The Bertz CT molecular complexity index is 339. The van der Waals surface area contributed by atoms with Crippen LogP contribution < -0.4 is 10.6 Å². The van der Waals surface area contributed by atoms with Crippen LogP contribution in [0.5, 0.6) is 0 Å². The lowest BCUT2D eigenvalue weighted by molar-refractivity contribution is -0.122. The summed E-state index contributed by atoms with van der Waals surface area (Å²) in [6.07, 6.45) is 3.38. The normalized spacial score (nSPS) is 24.9. The van der Waals surface area contributed by atoms with Crippen LogP contribution in [0, 0.1) is 5.92 Å². The van der Waals surface area contributed by atoms with Crippen molar-refractivity contribution in [3.63, 3.8) is 0 Å². The number of thioether (sulfide) groups is 1. The smallest absolute Gasteiger partial charge is 0.242 e. The van der Waals surface area contributed by atoms with Crippen LogP contribution in [0.15, 0.2) is 4.99 Å². The lowest BCUT2D eigenvalue weighted by Crippen LogP contribution is -2.44. The van der Waals surface area contributed by atoms with E-state index in [1.165, 1.54) is 0 Å². The third-order valence-corrected chi connectivity index (χ3v) is 4.16. The van der Waals surface area contributed by atoms with E-state index in [9.17, 15) is 4.79 Å². The quantitative estimate of drug-likeness (QED) is 0.799. The number of nitrogens with one attached hydrogen (secondary N) is 2. The molecule has 1 heterocycles. The van der Waals surface area contributed by atoms with E-state index in [4.69, 9.17) is 0 Å². The number of hydrogen-bond acceptors (Lipinski definition) is 4. The van der Waals surface area contributed by atoms with E-state index in [1.807, 2.05) is 6.92 Å². The Labute approximate surface area is 113 Å². The minimum absolute atomic E-state index is 0.0908. The molecular formula is C13H23N3OS. The maximum absolute atomic E-state index is 11.8. The van der Waals surface area contributed by atoms with Gasteiger partial charge in [-0.1, -0.05) is 25.6 Å². The van der Waals surface area contributed by atoms with Crippen LogP contribution in [-0.2, 0) is 4.79 Å². The molecule has 0 spiro atoms. The molecule has 2 rings (SSSR count). The monoisotopic (exact) mass is 269 g/mol. The van der Waals surface area contributed by atoms with Crippen molar-refractivity contribution in [2.75, 3.05) is 5.75 Å². The number of nitrogens with zero attached hydrogens (tertiary/aromatic N) is 1. The zero-order valence-corrected chi connectivity index (χ0v) is 12.2. The second kappa shape index (κ2) is 5.95. The third-order valence-electron chi connectivity index (χ3n) is 3.11. The van der Waals surface area contributed by atoms with Crippen molar-refractivity contribution in [3.05, 3.63) is 0 Å². The first kappa shape index (κ1) is 13.7. The Morgan fingerprint density at radius 1 is 1.44 bits per heavy atom. The molecule has 0 bridgehead atoms. The summed E-state index contributed by atoms with van der Waals surface area (Å²) in [6.45, 7) is 6.34. The van der Waals surface area contributed by atoms with Gasteiger partial charge in [-0.3, -0.25) is 9.79 Å². The van der Waals surface area contributed by atoms with Gasteiger partial charge in [-0.15, -0.1) is 0 Å². The predicted molar refractivity (Wildman–Crippen MR) is 76.9 cm³/mol. The average Bonchev–Trinajstić information content (AvgIpc) is 2.99. The van der Waals surface area contributed by atoms with E-state index in [0.29, 0.717) is 18.0 Å². The van der Waals surface area contributed by atoms with E-state index in [-0.39, 0.29) is 11.9 Å². The SMILES string of the molecule is CC(C)CC1CSC(NC(C)C(=O)NC2CC2)=N1. The van der Waals surface area contributed by atoms with Crippen molar-refractivity contribution in [1.82, 2.24) is 10.6 Å². The van der Waals surface area contributed by atoms with E-state index < -0.39 is 0 Å². The number of carbonyl (C=O) groups is 1.